The topological polar surface area (TPSA) is 53.2 Å². The van der Waals surface area contributed by atoms with E-state index in [2.05, 4.69) is 4.98 Å². The second-order valence-electron chi connectivity index (χ2n) is 6.52. The van der Waals surface area contributed by atoms with Crippen molar-refractivity contribution in [3.63, 3.8) is 0 Å². The van der Waals surface area contributed by atoms with Crippen LogP contribution in [0.5, 0.6) is 0 Å². The van der Waals surface area contributed by atoms with Crippen LogP contribution in [0.25, 0.3) is 17.0 Å². The summed E-state index contributed by atoms with van der Waals surface area (Å²) in [5.41, 5.74) is 2.13. The number of H-pyrrole nitrogens is 1. The molecular weight excluding hydrogens is 324 g/mol. The lowest BCUT2D eigenvalue weighted by atomic mass is 10.1. The molecular formula is C22H22N2O2. The van der Waals surface area contributed by atoms with E-state index in [9.17, 15) is 9.59 Å². The van der Waals surface area contributed by atoms with Gasteiger partial charge in [-0.2, -0.15) is 0 Å². The van der Waals surface area contributed by atoms with Gasteiger partial charge in [0.2, 0.25) is 5.91 Å². The minimum absolute atomic E-state index is 0.0576. The van der Waals surface area contributed by atoms with E-state index in [1.54, 1.807) is 17.0 Å². The van der Waals surface area contributed by atoms with E-state index in [1.165, 1.54) is 6.08 Å². The van der Waals surface area contributed by atoms with E-state index in [4.69, 9.17) is 0 Å². The Labute approximate surface area is 152 Å². The van der Waals surface area contributed by atoms with Crippen LogP contribution in [0.1, 0.15) is 25.0 Å². The van der Waals surface area contributed by atoms with Gasteiger partial charge >= 0.3 is 0 Å². The maximum absolute atomic E-state index is 12.7. The van der Waals surface area contributed by atoms with Crippen LogP contribution in [-0.2, 0) is 11.3 Å². The minimum Gasteiger partial charge on any atom is -0.332 e. The Morgan fingerprint density at radius 1 is 1.08 bits per heavy atom. The van der Waals surface area contributed by atoms with Gasteiger partial charge in [0.05, 0.1) is 0 Å². The number of aromatic nitrogens is 1. The van der Waals surface area contributed by atoms with Gasteiger partial charge in [0.1, 0.15) is 0 Å². The zero-order valence-electron chi connectivity index (χ0n) is 15.0. The summed E-state index contributed by atoms with van der Waals surface area (Å²) in [6, 6.07) is 19.3. The van der Waals surface area contributed by atoms with Crippen LogP contribution in [0.15, 0.2) is 71.5 Å². The molecule has 4 nitrogen and oxygen atoms in total. The summed E-state index contributed by atoms with van der Waals surface area (Å²) in [5.74, 6) is -0.114. The molecule has 0 aliphatic carbocycles. The molecule has 0 unspecified atom stereocenters. The van der Waals surface area contributed by atoms with Gasteiger partial charge in [-0.05, 0) is 43.0 Å². The van der Waals surface area contributed by atoms with Crippen molar-refractivity contribution in [2.75, 3.05) is 0 Å². The van der Waals surface area contributed by atoms with Crippen molar-refractivity contribution >= 4 is 22.9 Å². The molecule has 0 spiro atoms. The van der Waals surface area contributed by atoms with Crippen molar-refractivity contribution < 1.29 is 4.79 Å². The van der Waals surface area contributed by atoms with Crippen molar-refractivity contribution in [1.82, 2.24) is 9.88 Å². The van der Waals surface area contributed by atoms with E-state index in [0.717, 1.165) is 16.5 Å². The lowest BCUT2D eigenvalue weighted by Gasteiger charge is -2.25. The maximum atomic E-state index is 12.7. The summed E-state index contributed by atoms with van der Waals surface area (Å²) < 4.78 is 0. The van der Waals surface area contributed by atoms with Crippen LogP contribution in [0.3, 0.4) is 0 Å². The number of hydrogen-bond acceptors (Lipinski definition) is 2. The smallest absolute Gasteiger partial charge is 0.255 e. The van der Waals surface area contributed by atoms with Gasteiger partial charge in [-0.15, -0.1) is 0 Å². The average molecular weight is 346 g/mol. The van der Waals surface area contributed by atoms with E-state index in [1.807, 2.05) is 68.4 Å². The first-order valence-corrected chi connectivity index (χ1v) is 8.69. The molecule has 0 aliphatic rings. The zero-order chi connectivity index (χ0) is 18.5. The lowest BCUT2D eigenvalue weighted by Crippen LogP contribution is -2.35. The molecule has 0 bridgehead atoms. The molecule has 3 rings (SSSR count). The first kappa shape index (κ1) is 17.7. The van der Waals surface area contributed by atoms with Crippen molar-refractivity contribution in [3.05, 3.63) is 88.2 Å². The first-order chi connectivity index (χ1) is 12.5. The number of nitrogens with zero attached hydrogens (tertiary/aromatic N) is 1. The minimum atomic E-state index is -0.202. The summed E-state index contributed by atoms with van der Waals surface area (Å²) >= 11 is 0. The largest absolute Gasteiger partial charge is 0.332 e. The lowest BCUT2D eigenvalue weighted by molar-refractivity contribution is -0.128. The van der Waals surface area contributed by atoms with Gasteiger partial charge in [-0.1, -0.05) is 48.5 Å². The highest BCUT2D eigenvalue weighted by Gasteiger charge is 2.15. The molecule has 4 heteroatoms. The second-order valence-corrected chi connectivity index (χ2v) is 6.52. The summed E-state index contributed by atoms with van der Waals surface area (Å²) in [6.45, 7) is 4.50. The van der Waals surface area contributed by atoms with Crippen LogP contribution >= 0.6 is 0 Å². The molecule has 3 aromatic rings. The van der Waals surface area contributed by atoms with Gasteiger partial charge in [-0.3, -0.25) is 9.59 Å². The quantitative estimate of drug-likeness (QED) is 0.711. The van der Waals surface area contributed by atoms with Gasteiger partial charge in [0.15, 0.2) is 0 Å². The number of nitrogens with one attached hydrogen (secondary N) is 1. The van der Waals surface area contributed by atoms with E-state index in [-0.39, 0.29) is 17.5 Å². The number of fused-ring (bicyclic) bond motifs is 1. The molecule has 1 N–H and O–H groups in total. The number of carbonyl (C=O) groups excluding carboxylic acids is 1. The molecule has 0 saturated carbocycles. The highest BCUT2D eigenvalue weighted by atomic mass is 16.2. The summed E-state index contributed by atoms with van der Waals surface area (Å²) in [6.07, 6.45) is 3.07. The Bertz CT molecular complexity index is 988. The third-order valence-corrected chi connectivity index (χ3v) is 4.29. The molecule has 1 amide bonds. The molecule has 0 radical (unpaired) electrons. The molecule has 0 saturated heterocycles. The monoisotopic (exact) mass is 346 g/mol. The molecule has 2 aromatic carbocycles. The van der Waals surface area contributed by atoms with Crippen LogP contribution < -0.4 is 5.56 Å². The molecule has 132 valence electrons. The van der Waals surface area contributed by atoms with Crippen molar-refractivity contribution in [1.29, 1.82) is 0 Å². The predicted octanol–water partition coefficient (Wildman–Crippen LogP) is 3.98. The third-order valence-electron chi connectivity index (χ3n) is 4.29. The number of carbonyl (C=O) groups is 1. The summed E-state index contributed by atoms with van der Waals surface area (Å²) in [4.78, 5) is 29.5. The fourth-order valence-corrected chi connectivity index (χ4v) is 2.84. The van der Waals surface area contributed by atoms with Crippen molar-refractivity contribution in [3.8, 4) is 0 Å². The van der Waals surface area contributed by atoms with E-state index >= 15 is 0 Å². The molecule has 0 atom stereocenters. The van der Waals surface area contributed by atoms with Crippen LogP contribution in [-0.4, -0.2) is 21.8 Å². The number of aromatic amines is 1. The SMILES string of the molecule is CC(C)N(Cc1ccccc1)C(=O)/C=C/c1cc2ccccc2[nH]c1=O. The van der Waals surface area contributed by atoms with Gasteiger partial charge in [0.25, 0.3) is 5.56 Å². The Morgan fingerprint density at radius 2 is 1.77 bits per heavy atom. The van der Waals surface area contributed by atoms with Crippen LogP contribution in [0.4, 0.5) is 0 Å². The van der Waals surface area contributed by atoms with Crippen LogP contribution in [0.2, 0.25) is 0 Å². The number of hydrogen-bond donors (Lipinski definition) is 1. The third kappa shape index (κ3) is 4.09. The molecule has 0 aliphatic heterocycles. The molecule has 1 aromatic heterocycles. The maximum Gasteiger partial charge on any atom is 0.255 e. The van der Waals surface area contributed by atoms with Gasteiger partial charge < -0.3 is 9.88 Å². The van der Waals surface area contributed by atoms with Crippen molar-refractivity contribution in [2.45, 2.75) is 26.4 Å². The van der Waals surface area contributed by atoms with Gasteiger partial charge in [-0.25, -0.2) is 0 Å². The number of rotatable bonds is 5. The van der Waals surface area contributed by atoms with E-state index < -0.39 is 0 Å². The highest BCUT2D eigenvalue weighted by molar-refractivity contribution is 5.92. The molecule has 26 heavy (non-hydrogen) atoms. The number of pyridine rings is 1. The standard InChI is InChI=1S/C22H22N2O2/c1-16(2)24(15-17-8-4-3-5-9-17)21(25)13-12-19-14-18-10-6-7-11-20(18)23-22(19)26/h3-14,16H,15H2,1-2H3,(H,23,26)/b13-12+. The Hall–Kier alpha value is -3.14. The van der Waals surface area contributed by atoms with E-state index in [0.29, 0.717) is 12.1 Å². The van der Waals surface area contributed by atoms with Gasteiger partial charge in [0, 0.05) is 29.7 Å². The fraction of sp³-hybridized carbons (Fsp3) is 0.182. The Balaban J connectivity index is 1.83. The summed E-state index contributed by atoms with van der Waals surface area (Å²) in [7, 11) is 0. The Kier molecular flexibility index (Phi) is 5.32. The number of benzene rings is 2. The molecule has 0 fully saturated rings. The highest BCUT2D eigenvalue weighted by Crippen LogP contribution is 2.12. The number of para-hydroxylation sites is 1. The average Bonchev–Trinajstić information content (AvgIpc) is 2.64. The van der Waals surface area contributed by atoms with Crippen molar-refractivity contribution in [2.24, 2.45) is 0 Å². The normalized spacial score (nSPS) is 11.3. The zero-order valence-corrected chi connectivity index (χ0v) is 15.0. The number of amides is 1. The van der Waals surface area contributed by atoms with Crippen LogP contribution in [0, 0.1) is 0 Å². The fourth-order valence-electron chi connectivity index (χ4n) is 2.84. The Morgan fingerprint density at radius 3 is 2.50 bits per heavy atom. The second kappa shape index (κ2) is 7.83. The first-order valence-electron chi connectivity index (χ1n) is 8.69. The predicted molar refractivity (Wildman–Crippen MR) is 106 cm³/mol. The molecule has 1 heterocycles. The summed E-state index contributed by atoms with van der Waals surface area (Å²) in [5, 5.41) is 0.934.